The third-order valence-electron chi connectivity index (χ3n) is 3.12. The Labute approximate surface area is 136 Å². The molecule has 1 aromatic carbocycles. The van der Waals surface area contributed by atoms with Gasteiger partial charge in [-0.3, -0.25) is 9.20 Å². The third kappa shape index (κ3) is 2.71. The lowest BCUT2D eigenvalue weighted by atomic mass is 10.1. The Balaban J connectivity index is 2.15. The van der Waals surface area contributed by atoms with E-state index in [1.54, 1.807) is 22.9 Å². The van der Waals surface area contributed by atoms with Crippen LogP contribution in [0.1, 0.15) is 20.3 Å². The molecule has 0 radical (unpaired) electrons. The van der Waals surface area contributed by atoms with Crippen molar-refractivity contribution in [1.82, 2.24) is 19.6 Å². The van der Waals surface area contributed by atoms with Crippen LogP contribution in [0.4, 0.5) is 5.82 Å². The number of nitrogens with one attached hydrogen (secondary N) is 1. The summed E-state index contributed by atoms with van der Waals surface area (Å²) in [6, 6.07) is 3.35. The first kappa shape index (κ1) is 15.0. The Morgan fingerprint density at radius 3 is 2.77 bits per heavy atom. The van der Waals surface area contributed by atoms with Gasteiger partial charge in [0.05, 0.1) is 21.1 Å². The quantitative estimate of drug-likeness (QED) is 0.792. The van der Waals surface area contributed by atoms with Gasteiger partial charge in [-0.1, -0.05) is 37.0 Å². The predicted molar refractivity (Wildman–Crippen MR) is 86.4 cm³/mol. The predicted octanol–water partition coefficient (Wildman–Crippen LogP) is 3.57. The molecule has 0 aliphatic heterocycles. The van der Waals surface area contributed by atoms with E-state index >= 15 is 0 Å². The van der Waals surface area contributed by atoms with Crippen LogP contribution in [0.25, 0.3) is 16.7 Å². The topological polar surface area (TPSA) is 72.2 Å². The van der Waals surface area contributed by atoms with Gasteiger partial charge in [0.15, 0.2) is 5.82 Å². The molecular formula is C14H13Cl2N5O. The van der Waals surface area contributed by atoms with Crippen LogP contribution < -0.4 is 5.32 Å². The summed E-state index contributed by atoms with van der Waals surface area (Å²) in [5.74, 6) is 0.489. The summed E-state index contributed by atoms with van der Waals surface area (Å²) < 4.78 is 1.72. The molecule has 0 aliphatic rings. The molecule has 0 saturated heterocycles. The highest BCUT2D eigenvalue weighted by Gasteiger charge is 2.15. The second kappa shape index (κ2) is 5.70. The number of rotatable bonds is 3. The van der Waals surface area contributed by atoms with E-state index in [0.717, 1.165) is 5.52 Å². The summed E-state index contributed by atoms with van der Waals surface area (Å²) in [5.41, 5.74) is 1.78. The number of fused-ring (bicyclic) bond motifs is 3. The average Bonchev–Trinajstić information content (AvgIpc) is 2.90. The average molecular weight is 338 g/mol. The first-order valence-corrected chi connectivity index (χ1v) is 7.49. The number of carbonyl (C=O) groups excluding carboxylic acids is 1. The van der Waals surface area contributed by atoms with Crippen LogP contribution in [0.2, 0.25) is 10.0 Å². The van der Waals surface area contributed by atoms with Crippen LogP contribution in [-0.2, 0) is 4.79 Å². The lowest BCUT2D eigenvalue weighted by Crippen LogP contribution is -2.16. The molecule has 0 bridgehead atoms. The zero-order valence-corrected chi connectivity index (χ0v) is 13.5. The lowest BCUT2D eigenvalue weighted by molar-refractivity contribution is -0.116. The molecule has 0 spiro atoms. The van der Waals surface area contributed by atoms with Gasteiger partial charge in [0.1, 0.15) is 6.33 Å². The highest BCUT2D eigenvalue weighted by Crippen LogP contribution is 2.29. The van der Waals surface area contributed by atoms with Gasteiger partial charge in [-0.05, 0) is 18.1 Å². The molecule has 0 saturated carbocycles. The van der Waals surface area contributed by atoms with Crippen LogP contribution in [0.15, 0.2) is 18.5 Å². The number of hydrogen-bond donors (Lipinski definition) is 1. The van der Waals surface area contributed by atoms with Gasteiger partial charge in [0.25, 0.3) is 0 Å². The number of hydrogen-bond acceptors (Lipinski definition) is 4. The van der Waals surface area contributed by atoms with E-state index in [1.807, 2.05) is 13.8 Å². The Morgan fingerprint density at radius 2 is 2.05 bits per heavy atom. The first-order chi connectivity index (χ1) is 10.5. The summed E-state index contributed by atoms with van der Waals surface area (Å²) in [7, 11) is 0. The van der Waals surface area contributed by atoms with Crippen molar-refractivity contribution in [2.75, 3.05) is 5.32 Å². The molecule has 1 N–H and O–H groups in total. The zero-order chi connectivity index (χ0) is 15.9. The molecular weight excluding hydrogens is 325 g/mol. The zero-order valence-electron chi connectivity index (χ0n) is 12.0. The minimum Gasteiger partial charge on any atom is -0.307 e. The van der Waals surface area contributed by atoms with E-state index < -0.39 is 0 Å². The maximum Gasteiger partial charge on any atom is 0.225 e. The van der Waals surface area contributed by atoms with Gasteiger partial charge in [0.2, 0.25) is 11.6 Å². The van der Waals surface area contributed by atoms with Gasteiger partial charge in [-0.25, -0.2) is 4.98 Å². The molecule has 22 heavy (non-hydrogen) atoms. The van der Waals surface area contributed by atoms with Crippen molar-refractivity contribution in [2.45, 2.75) is 20.3 Å². The van der Waals surface area contributed by atoms with E-state index in [0.29, 0.717) is 33.4 Å². The van der Waals surface area contributed by atoms with E-state index in [2.05, 4.69) is 20.5 Å². The molecule has 3 aromatic rings. The standard InChI is InChI=1S/C14H13Cl2N5O/c1-7(2)3-12(22)19-13-14-20-17-6-21(14)11-5-9(16)8(15)4-10(11)18-13/h4-7H,3H2,1-2H3,(H,18,19,22). The van der Waals surface area contributed by atoms with Crippen LogP contribution in [0, 0.1) is 5.92 Å². The van der Waals surface area contributed by atoms with E-state index in [4.69, 9.17) is 23.2 Å². The highest BCUT2D eigenvalue weighted by atomic mass is 35.5. The smallest absolute Gasteiger partial charge is 0.225 e. The van der Waals surface area contributed by atoms with Crippen molar-refractivity contribution in [3.63, 3.8) is 0 Å². The largest absolute Gasteiger partial charge is 0.307 e. The number of amides is 1. The summed E-state index contributed by atoms with van der Waals surface area (Å²) in [6.07, 6.45) is 1.95. The van der Waals surface area contributed by atoms with Gasteiger partial charge in [0, 0.05) is 6.42 Å². The summed E-state index contributed by atoms with van der Waals surface area (Å²) >= 11 is 12.1. The SMILES string of the molecule is CC(C)CC(=O)Nc1nc2cc(Cl)c(Cl)cc2n2cnnc12. The fourth-order valence-electron chi connectivity index (χ4n) is 2.19. The monoisotopic (exact) mass is 337 g/mol. The Kier molecular flexibility index (Phi) is 3.88. The number of halogens is 2. The van der Waals surface area contributed by atoms with Crippen LogP contribution in [0.3, 0.4) is 0 Å². The van der Waals surface area contributed by atoms with E-state index in [9.17, 15) is 4.79 Å². The van der Waals surface area contributed by atoms with Gasteiger partial charge in [-0.2, -0.15) is 0 Å². The molecule has 0 atom stereocenters. The highest BCUT2D eigenvalue weighted by molar-refractivity contribution is 6.42. The number of anilines is 1. The fourth-order valence-corrected chi connectivity index (χ4v) is 2.51. The third-order valence-corrected chi connectivity index (χ3v) is 3.84. The maximum absolute atomic E-state index is 12.0. The van der Waals surface area contributed by atoms with Gasteiger partial charge >= 0.3 is 0 Å². The molecule has 0 aliphatic carbocycles. The second-order valence-electron chi connectivity index (χ2n) is 5.39. The minimum absolute atomic E-state index is 0.119. The Hall–Kier alpha value is -1.92. The Bertz CT molecular complexity index is 874. The van der Waals surface area contributed by atoms with E-state index in [-0.39, 0.29) is 11.8 Å². The number of aromatic nitrogens is 4. The molecule has 0 unspecified atom stereocenters. The van der Waals surface area contributed by atoms with Crippen molar-refractivity contribution in [3.05, 3.63) is 28.5 Å². The molecule has 8 heteroatoms. The van der Waals surface area contributed by atoms with Gasteiger partial charge in [-0.15, -0.1) is 10.2 Å². The first-order valence-electron chi connectivity index (χ1n) is 6.74. The molecule has 2 aromatic heterocycles. The minimum atomic E-state index is -0.119. The van der Waals surface area contributed by atoms with Crippen molar-refractivity contribution in [3.8, 4) is 0 Å². The molecule has 0 fully saturated rings. The van der Waals surface area contributed by atoms with Crippen molar-refractivity contribution in [2.24, 2.45) is 5.92 Å². The van der Waals surface area contributed by atoms with Gasteiger partial charge < -0.3 is 5.32 Å². The van der Waals surface area contributed by atoms with Crippen LogP contribution in [-0.4, -0.2) is 25.5 Å². The molecule has 114 valence electrons. The summed E-state index contributed by atoms with van der Waals surface area (Å²) in [5, 5.41) is 11.5. The van der Waals surface area contributed by atoms with Crippen LogP contribution in [0.5, 0.6) is 0 Å². The van der Waals surface area contributed by atoms with Crippen molar-refractivity contribution in [1.29, 1.82) is 0 Å². The Morgan fingerprint density at radius 1 is 1.32 bits per heavy atom. The normalized spacial score (nSPS) is 11.5. The summed E-state index contributed by atoms with van der Waals surface area (Å²) in [4.78, 5) is 16.4. The number of carbonyl (C=O) groups is 1. The molecule has 1 amide bonds. The van der Waals surface area contributed by atoms with E-state index in [1.165, 1.54) is 0 Å². The van der Waals surface area contributed by atoms with Crippen molar-refractivity contribution < 1.29 is 4.79 Å². The van der Waals surface area contributed by atoms with Crippen LogP contribution >= 0.6 is 23.2 Å². The number of nitrogens with zero attached hydrogens (tertiary/aromatic N) is 4. The second-order valence-corrected chi connectivity index (χ2v) is 6.20. The maximum atomic E-state index is 12.0. The molecule has 6 nitrogen and oxygen atoms in total. The molecule has 3 rings (SSSR count). The fraction of sp³-hybridized carbons (Fsp3) is 0.286. The van der Waals surface area contributed by atoms with Crippen molar-refractivity contribution >= 4 is 51.6 Å². The lowest BCUT2D eigenvalue weighted by Gasteiger charge is -2.10. The molecule has 2 heterocycles. The number of benzene rings is 1. The summed E-state index contributed by atoms with van der Waals surface area (Å²) in [6.45, 7) is 3.95.